The van der Waals surface area contributed by atoms with Crippen LogP contribution in [-0.4, -0.2) is 10.2 Å². The van der Waals surface area contributed by atoms with Crippen LogP contribution in [0.4, 0.5) is 0 Å². The van der Waals surface area contributed by atoms with E-state index in [-0.39, 0.29) is 12.0 Å². The molecule has 2 aromatic rings. The van der Waals surface area contributed by atoms with Gasteiger partial charge in [0.2, 0.25) is 0 Å². The Hall–Kier alpha value is -2.11. The number of nitrogens with one attached hydrogen (secondary N) is 1. The summed E-state index contributed by atoms with van der Waals surface area (Å²) in [4.78, 5) is 12.4. The van der Waals surface area contributed by atoms with E-state index in [2.05, 4.69) is 24.4 Å². The number of unbranched alkanes of at least 4 members (excludes halogenated alkanes) is 1. The van der Waals surface area contributed by atoms with Crippen molar-refractivity contribution in [1.82, 2.24) is 5.32 Å². The highest BCUT2D eigenvalue weighted by Gasteiger charge is 2.22. The fraction of sp³-hybridized carbons (Fsp3) is 0.238. The molecule has 0 spiro atoms. The maximum Gasteiger partial charge on any atom is 0.263 e. The largest absolute Gasteiger partial charge is 0.486 e. The van der Waals surface area contributed by atoms with E-state index in [1.807, 2.05) is 48.5 Å². The van der Waals surface area contributed by atoms with Gasteiger partial charge in [0.1, 0.15) is 16.2 Å². The maximum absolute atomic E-state index is 11.8. The summed E-state index contributed by atoms with van der Waals surface area (Å²) in [5, 5.41) is 2.63. The van der Waals surface area contributed by atoms with Gasteiger partial charge in [0.05, 0.1) is 4.91 Å². The summed E-state index contributed by atoms with van der Waals surface area (Å²) in [6.07, 6.45) is 5.10. The number of rotatable bonds is 7. The molecule has 1 N–H and O–H groups in total. The second-order valence-electron chi connectivity index (χ2n) is 6.08. The van der Waals surface area contributed by atoms with E-state index in [0.29, 0.717) is 9.23 Å². The summed E-state index contributed by atoms with van der Waals surface area (Å²) in [5.41, 5.74) is 2.12. The lowest BCUT2D eigenvalue weighted by Crippen LogP contribution is -2.17. The molecule has 1 atom stereocenters. The molecule has 1 aliphatic rings. The molecule has 26 heavy (non-hydrogen) atoms. The van der Waals surface area contributed by atoms with Crippen LogP contribution in [0.3, 0.4) is 0 Å². The van der Waals surface area contributed by atoms with Crippen LogP contribution in [-0.2, 0) is 4.79 Å². The standard InChI is InChI=1S/C21H21NO2S2/c1-2-3-9-18(24-17-7-5-4-6-8-17)16-12-10-15(11-13-16)14-19-20(23)22-21(25)26-19/h4-8,10-14,18H,2-3,9H2,1H3,(H,22,23,25). The van der Waals surface area contributed by atoms with Crippen LogP contribution in [0.1, 0.15) is 43.4 Å². The molecule has 2 aromatic carbocycles. The Labute approximate surface area is 163 Å². The molecular weight excluding hydrogens is 362 g/mol. The van der Waals surface area contributed by atoms with E-state index in [1.165, 1.54) is 11.8 Å². The smallest absolute Gasteiger partial charge is 0.263 e. The molecule has 1 amide bonds. The number of hydrogen-bond donors (Lipinski definition) is 1. The zero-order valence-corrected chi connectivity index (χ0v) is 16.2. The van der Waals surface area contributed by atoms with Gasteiger partial charge < -0.3 is 10.1 Å². The quantitative estimate of drug-likeness (QED) is 0.507. The van der Waals surface area contributed by atoms with Crippen LogP contribution in [0.5, 0.6) is 5.75 Å². The second kappa shape index (κ2) is 9.01. The molecule has 3 rings (SSSR count). The van der Waals surface area contributed by atoms with Crippen molar-refractivity contribution in [2.45, 2.75) is 32.3 Å². The lowest BCUT2D eigenvalue weighted by atomic mass is 10.0. The molecule has 0 aromatic heterocycles. The van der Waals surface area contributed by atoms with Crippen LogP contribution < -0.4 is 10.1 Å². The van der Waals surface area contributed by atoms with Crippen molar-refractivity contribution in [2.24, 2.45) is 0 Å². The third-order valence-corrected chi connectivity index (χ3v) is 5.25. The molecule has 1 saturated heterocycles. The number of amides is 1. The van der Waals surface area contributed by atoms with Crippen molar-refractivity contribution in [3.05, 3.63) is 70.6 Å². The molecule has 1 heterocycles. The fourth-order valence-corrected chi connectivity index (χ4v) is 3.77. The molecule has 1 aliphatic heterocycles. The van der Waals surface area contributed by atoms with Gasteiger partial charge in [0.15, 0.2) is 0 Å². The van der Waals surface area contributed by atoms with E-state index in [4.69, 9.17) is 17.0 Å². The van der Waals surface area contributed by atoms with Crippen molar-refractivity contribution >= 4 is 40.3 Å². The predicted molar refractivity (Wildman–Crippen MR) is 112 cm³/mol. The molecule has 0 bridgehead atoms. The van der Waals surface area contributed by atoms with Gasteiger partial charge in [-0.1, -0.05) is 79.8 Å². The molecule has 1 unspecified atom stereocenters. The van der Waals surface area contributed by atoms with Gasteiger partial charge >= 0.3 is 0 Å². The first-order chi connectivity index (χ1) is 12.7. The number of thiocarbonyl (C=S) groups is 1. The predicted octanol–water partition coefficient (Wildman–Crippen LogP) is 5.49. The highest BCUT2D eigenvalue weighted by Crippen LogP contribution is 2.29. The summed E-state index contributed by atoms with van der Waals surface area (Å²) < 4.78 is 6.71. The van der Waals surface area contributed by atoms with E-state index >= 15 is 0 Å². The van der Waals surface area contributed by atoms with Gasteiger partial charge in [-0.15, -0.1) is 0 Å². The minimum atomic E-state index is -0.127. The number of hydrogen-bond acceptors (Lipinski definition) is 4. The summed E-state index contributed by atoms with van der Waals surface area (Å²) in [6.45, 7) is 2.18. The Morgan fingerprint density at radius 3 is 2.50 bits per heavy atom. The summed E-state index contributed by atoms with van der Waals surface area (Å²) in [5.74, 6) is 0.754. The molecule has 1 fully saturated rings. The minimum Gasteiger partial charge on any atom is -0.486 e. The molecule has 5 heteroatoms. The van der Waals surface area contributed by atoms with Crippen molar-refractivity contribution in [3.63, 3.8) is 0 Å². The van der Waals surface area contributed by atoms with Gasteiger partial charge in [0, 0.05) is 0 Å². The van der Waals surface area contributed by atoms with Gasteiger partial charge in [-0.05, 0) is 42.2 Å². The number of carbonyl (C=O) groups is 1. The number of carbonyl (C=O) groups excluding carboxylic acids is 1. The number of ether oxygens (including phenoxy) is 1. The first-order valence-corrected chi connectivity index (χ1v) is 9.94. The Balaban J connectivity index is 1.76. The molecule has 0 radical (unpaired) electrons. The topological polar surface area (TPSA) is 38.3 Å². The van der Waals surface area contributed by atoms with Crippen LogP contribution >= 0.6 is 24.0 Å². The third-order valence-electron chi connectivity index (χ3n) is 4.09. The molecule has 0 saturated carbocycles. The lowest BCUT2D eigenvalue weighted by Gasteiger charge is -2.19. The van der Waals surface area contributed by atoms with Crippen molar-refractivity contribution in [2.75, 3.05) is 0 Å². The van der Waals surface area contributed by atoms with E-state index in [1.54, 1.807) is 0 Å². The van der Waals surface area contributed by atoms with Crippen molar-refractivity contribution < 1.29 is 9.53 Å². The van der Waals surface area contributed by atoms with Crippen LogP contribution in [0, 0.1) is 0 Å². The molecule has 134 valence electrons. The third kappa shape index (κ3) is 4.96. The van der Waals surface area contributed by atoms with Crippen LogP contribution in [0.2, 0.25) is 0 Å². The lowest BCUT2D eigenvalue weighted by molar-refractivity contribution is -0.115. The van der Waals surface area contributed by atoms with Gasteiger partial charge in [0.25, 0.3) is 5.91 Å². The van der Waals surface area contributed by atoms with E-state index in [0.717, 1.165) is 36.1 Å². The van der Waals surface area contributed by atoms with Crippen molar-refractivity contribution in [1.29, 1.82) is 0 Å². The first-order valence-electron chi connectivity index (χ1n) is 8.72. The number of benzene rings is 2. The van der Waals surface area contributed by atoms with E-state index < -0.39 is 0 Å². The van der Waals surface area contributed by atoms with Gasteiger partial charge in [-0.25, -0.2) is 0 Å². The zero-order chi connectivity index (χ0) is 18.4. The highest BCUT2D eigenvalue weighted by atomic mass is 32.2. The zero-order valence-electron chi connectivity index (χ0n) is 14.6. The Kier molecular flexibility index (Phi) is 6.47. The first kappa shape index (κ1) is 18.7. The summed E-state index contributed by atoms with van der Waals surface area (Å²) in [7, 11) is 0. The van der Waals surface area contributed by atoms with Gasteiger partial charge in [-0.2, -0.15) is 0 Å². The van der Waals surface area contributed by atoms with Crippen LogP contribution in [0.15, 0.2) is 59.5 Å². The average Bonchev–Trinajstić information content (AvgIpc) is 2.97. The molecule has 3 nitrogen and oxygen atoms in total. The highest BCUT2D eigenvalue weighted by molar-refractivity contribution is 8.26. The second-order valence-corrected chi connectivity index (χ2v) is 7.80. The monoisotopic (exact) mass is 383 g/mol. The summed E-state index contributed by atoms with van der Waals surface area (Å²) >= 11 is 6.32. The average molecular weight is 384 g/mol. The summed E-state index contributed by atoms with van der Waals surface area (Å²) in [6, 6.07) is 18.1. The van der Waals surface area contributed by atoms with Crippen LogP contribution in [0.25, 0.3) is 6.08 Å². The normalized spacial score (nSPS) is 16.6. The Bertz CT molecular complexity index is 801. The SMILES string of the molecule is CCCCC(Oc1ccccc1)c1ccc(C=C2SC(=S)NC2=O)cc1. The van der Waals surface area contributed by atoms with E-state index in [9.17, 15) is 4.79 Å². The molecular formula is C21H21NO2S2. The molecule has 0 aliphatic carbocycles. The fourth-order valence-electron chi connectivity index (χ4n) is 2.73. The minimum absolute atomic E-state index is 0.0239. The van der Waals surface area contributed by atoms with Gasteiger partial charge in [-0.3, -0.25) is 4.79 Å². The Morgan fingerprint density at radius 2 is 1.88 bits per heavy atom. The number of thioether (sulfide) groups is 1. The Morgan fingerprint density at radius 1 is 1.15 bits per heavy atom. The van der Waals surface area contributed by atoms with Crippen molar-refractivity contribution in [3.8, 4) is 5.75 Å². The maximum atomic E-state index is 11.8. The number of para-hydroxylation sites is 1.